The fraction of sp³-hybridized carbons (Fsp3) is 0.500. The normalized spacial score (nSPS) is 19.0. The van der Waals surface area contributed by atoms with Gasteiger partial charge in [-0.3, -0.25) is 0 Å². The zero-order valence-corrected chi connectivity index (χ0v) is 9.89. The maximum absolute atomic E-state index is 10.7. The molecule has 0 atom stereocenters. The van der Waals surface area contributed by atoms with Crippen molar-refractivity contribution < 1.29 is 15.0 Å². The number of hydrogen-bond donors (Lipinski definition) is 2. The molecule has 18 heavy (non-hydrogen) atoms. The first kappa shape index (κ1) is 14.7. The van der Waals surface area contributed by atoms with Gasteiger partial charge in [0.15, 0.2) is 0 Å². The summed E-state index contributed by atoms with van der Waals surface area (Å²) in [6, 6.07) is 6.53. The summed E-state index contributed by atoms with van der Waals surface area (Å²) in [6.45, 7) is 1.72. The summed E-state index contributed by atoms with van der Waals surface area (Å²) in [5.41, 5.74) is 0.268. The van der Waals surface area contributed by atoms with Crippen molar-refractivity contribution in [2.45, 2.75) is 25.9 Å². The minimum atomic E-state index is -0.938. The van der Waals surface area contributed by atoms with E-state index < -0.39 is 11.6 Å². The molecule has 2 N–H and O–H groups in total. The highest BCUT2D eigenvalue weighted by Crippen LogP contribution is 2.32. The van der Waals surface area contributed by atoms with Crippen molar-refractivity contribution in [3.8, 4) is 0 Å². The lowest BCUT2D eigenvalue weighted by molar-refractivity contribution is -0.0203. The molecule has 100 valence electrons. The predicted octanol–water partition coefficient (Wildman–Crippen LogP) is 1.93. The van der Waals surface area contributed by atoms with E-state index in [2.05, 4.69) is 4.90 Å². The summed E-state index contributed by atoms with van der Waals surface area (Å²) in [5.74, 6) is -0.938. The van der Waals surface area contributed by atoms with Crippen LogP contribution in [0.25, 0.3) is 0 Å². The molecule has 4 heteroatoms. The van der Waals surface area contributed by atoms with Crippen LogP contribution in [0.5, 0.6) is 0 Å². The van der Waals surface area contributed by atoms with Gasteiger partial charge >= 0.3 is 5.97 Å². The van der Waals surface area contributed by atoms with Crippen LogP contribution in [0.2, 0.25) is 0 Å². The second-order valence-corrected chi connectivity index (χ2v) is 4.72. The van der Waals surface area contributed by atoms with E-state index in [1.807, 2.05) is 7.05 Å². The Bertz CT molecular complexity index is 406. The SMILES string of the molecule is C.CN1CCC(O)(c2ccc(C(=O)O)cc2)CC1. The second-order valence-electron chi connectivity index (χ2n) is 4.72. The number of carboxylic acids is 1. The Morgan fingerprint density at radius 1 is 1.22 bits per heavy atom. The highest BCUT2D eigenvalue weighted by molar-refractivity contribution is 5.87. The third-order valence-electron chi connectivity index (χ3n) is 3.48. The number of carbonyl (C=O) groups is 1. The zero-order valence-electron chi connectivity index (χ0n) is 9.89. The van der Waals surface area contributed by atoms with Crippen molar-refractivity contribution in [3.63, 3.8) is 0 Å². The highest BCUT2D eigenvalue weighted by atomic mass is 16.4. The van der Waals surface area contributed by atoms with Gasteiger partial charge in [-0.05, 0) is 37.6 Å². The largest absolute Gasteiger partial charge is 0.478 e. The quantitative estimate of drug-likeness (QED) is 0.843. The van der Waals surface area contributed by atoms with E-state index in [-0.39, 0.29) is 13.0 Å². The molecule has 0 unspecified atom stereocenters. The van der Waals surface area contributed by atoms with Crippen molar-refractivity contribution >= 4 is 5.97 Å². The molecule has 0 aromatic heterocycles. The third-order valence-corrected chi connectivity index (χ3v) is 3.48. The molecule has 1 saturated heterocycles. The lowest BCUT2D eigenvalue weighted by Crippen LogP contribution is -2.40. The minimum Gasteiger partial charge on any atom is -0.478 e. The maximum Gasteiger partial charge on any atom is 0.335 e. The Hall–Kier alpha value is -1.39. The Kier molecular flexibility index (Phi) is 4.48. The number of likely N-dealkylation sites (tertiary alicyclic amines) is 1. The van der Waals surface area contributed by atoms with Crippen LogP contribution in [0, 0.1) is 0 Å². The van der Waals surface area contributed by atoms with Crippen molar-refractivity contribution in [3.05, 3.63) is 35.4 Å². The van der Waals surface area contributed by atoms with Gasteiger partial charge in [0, 0.05) is 13.1 Å². The number of nitrogens with zero attached hydrogens (tertiary/aromatic N) is 1. The Balaban J connectivity index is 0.00000162. The molecular weight excluding hydrogens is 230 g/mol. The third kappa shape index (κ3) is 2.89. The van der Waals surface area contributed by atoms with Gasteiger partial charge in [0.25, 0.3) is 0 Å². The van der Waals surface area contributed by atoms with E-state index in [4.69, 9.17) is 5.11 Å². The first-order chi connectivity index (χ1) is 8.01. The average Bonchev–Trinajstić information content (AvgIpc) is 2.33. The number of aromatic carboxylic acids is 1. The van der Waals surface area contributed by atoms with E-state index in [0.29, 0.717) is 12.8 Å². The molecule has 1 aliphatic heterocycles. The summed E-state index contributed by atoms with van der Waals surface area (Å²) in [5, 5.41) is 19.3. The van der Waals surface area contributed by atoms with Gasteiger partial charge in [-0.1, -0.05) is 19.6 Å². The van der Waals surface area contributed by atoms with Crippen molar-refractivity contribution in [1.82, 2.24) is 4.90 Å². The van der Waals surface area contributed by atoms with Crippen LogP contribution in [0.1, 0.15) is 36.2 Å². The molecule has 4 nitrogen and oxygen atoms in total. The van der Waals surface area contributed by atoms with Crippen LogP contribution in [-0.4, -0.2) is 41.2 Å². The number of carboxylic acid groups (broad SMARTS) is 1. The molecule has 1 aromatic rings. The lowest BCUT2D eigenvalue weighted by atomic mass is 9.84. The molecule has 0 spiro atoms. The van der Waals surface area contributed by atoms with Gasteiger partial charge in [0.1, 0.15) is 0 Å². The standard InChI is InChI=1S/C13H17NO3.CH4/c1-14-8-6-13(17,7-9-14)11-4-2-10(3-5-11)12(15)16;/h2-5,17H,6-9H2,1H3,(H,15,16);1H4. The predicted molar refractivity (Wildman–Crippen MR) is 70.8 cm³/mol. The molecule has 2 rings (SSSR count). The van der Waals surface area contributed by atoms with Gasteiger partial charge < -0.3 is 15.1 Å². The first-order valence-electron chi connectivity index (χ1n) is 5.76. The van der Waals surface area contributed by atoms with E-state index in [9.17, 15) is 9.90 Å². The van der Waals surface area contributed by atoms with Gasteiger partial charge in [0.2, 0.25) is 0 Å². The van der Waals surface area contributed by atoms with Crippen molar-refractivity contribution in [1.29, 1.82) is 0 Å². The summed E-state index contributed by atoms with van der Waals surface area (Å²) in [7, 11) is 2.03. The molecule has 0 radical (unpaired) electrons. The topological polar surface area (TPSA) is 60.8 Å². The van der Waals surface area contributed by atoms with Crippen LogP contribution < -0.4 is 0 Å². The second kappa shape index (κ2) is 5.50. The number of aliphatic hydroxyl groups is 1. The summed E-state index contributed by atoms with van der Waals surface area (Å²) in [4.78, 5) is 12.9. The maximum atomic E-state index is 10.7. The first-order valence-corrected chi connectivity index (χ1v) is 5.76. The van der Waals surface area contributed by atoms with Crippen molar-refractivity contribution in [2.75, 3.05) is 20.1 Å². The molecule has 0 saturated carbocycles. The zero-order chi connectivity index (χ0) is 12.5. The van der Waals surface area contributed by atoms with Crippen LogP contribution in [-0.2, 0) is 5.60 Å². The smallest absolute Gasteiger partial charge is 0.335 e. The molecule has 0 aliphatic carbocycles. The van der Waals surface area contributed by atoms with Gasteiger partial charge in [-0.15, -0.1) is 0 Å². The minimum absolute atomic E-state index is 0. The molecule has 0 amide bonds. The summed E-state index contributed by atoms with van der Waals surface area (Å²) in [6.07, 6.45) is 1.38. The summed E-state index contributed by atoms with van der Waals surface area (Å²) < 4.78 is 0. The Morgan fingerprint density at radius 3 is 2.17 bits per heavy atom. The highest BCUT2D eigenvalue weighted by Gasteiger charge is 2.32. The van der Waals surface area contributed by atoms with Gasteiger partial charge in [-0.25, -0.2) is 4.79 Å². The number of piperidine rings is 1. The van der Waals surface area contributed by atoms with Gasteiger partial charge in [-0.2, -0.15) is 0 Å². The average molecular weight is 251 g/mol. The van der Waals surface area contributed by atoms with E-state index in [1.54, 1.807) is 24.3 Å². The Labute approximate surface area is 108 Å². The van der Waals surface area contributed by atoms with Crippen LogP contribution in [0.15, 0.2) is 24.3 Å². The molecule has 0 bridgehead atoms. The fourth-order valence-corrected chi connectivity index (χ4v) is 2.20. The Morgan fingerprint density at radius 2 is 1.72 bits per heavy atom. The van der Waals surface area contributed by atoms with Crippen LogP contribution >= 0.6 is 0 Å². The number of rotatable bonds is 2. The fourth-order valence-electron chi connectivity index (χ4n) is 2.20. The molecular formula is C14H21NO3. The molecule has 1 aliphatic rings. The molecule has 1 aromatic carbocycles. The summed E-state index contributed by atoms with van der Waals surface area (Å²) >= 11 is 0. The van der Waals surface area contributed by atoms with E-state index >= 15 is 0 Å². The van der Waals surface area contributed by atoms with Gasteiger partial charge in [0.05, 0.1) is 11.2 Å². The number of hydrogen-bond acceptors (Lipinski definition) is 3. The lowest BCUT2D eigenvalue weighted by Gasteiger charge is -2.36. The monoisotopic (exact) mass is 251 g/mol. The van der Waals surface area contributed by atoms with E-state index in [1.165, 1.54) is 0 Å². The molecule has 1 heterocycles. The van der Waals surface area contributed by atoms with Crippen LogP contribution in [0.3, 0.4) is 0 Å². The van der Waals surface area contributed by atoms with E-state index in [0.717, 1.165) is 18.7 Å². The number of benzene rings is 1. The van der Waals surface area contributed by atoms with Crippen LogP contribution in [0.4, 0.5) is 0 Å². The van der Waals surface area contributed by atoms with Crippen molar-refractivity contribution in [2.24, 2.45) is 0 Å². The molecule has 1 fully saturated rings.